The number of benzene rings is 1. The molecule has 1 aromatic heterocycles. The fourth-order valence-corrected chi connectivity index (χ4v) is 4.00. The first kappa shape index (κ1) is 10.5. The number of aliphatic hydroxyl groups is 1. The van der Waals surface area contributed by atoms with Gasteiger partial charge in [-0.05, 0) is 61.3 Å². The topological polar surface area (TPSA) is 33.1 Å². The Kier molecular flexibility index (Phi) is 2.07. The van der Waals surface area contributed by atoms with E-state index in [2.05, 4.69) is 23.2 Å². The molecule has 2 aromatic rings. The number of hydrogen-bond donors (Lipinski definition) is 1. The third kappa shape index (κ3) is 1.36. The lowest BCUT2D eigenvalue weighted by Crippen LogP contribution is -2.32. The molecule has 3 unspecified atom stereocenters. The van der Waals surface area contributed by atoms with Crippen molar-refractivity contribution in [1.82, 2.24) is 4.98 Å². The molecule has 1 N–H and O–H groups in total. The van der Waals surface area contributed by atoms with Crippen LogP contribution in [0, 0.1) is 11.8 Å². The van der Waals surface area contributed by atoms with E-state index in [1.807, 2.05) is 18.3 Å². The van der Waals surface area contributed by atoms with Gasteiger partial charge in [0.1, 0.15) is 0 Å². The molecule has 0 radical (unpaired) electrons. The van der Waals surface area contributed by atoms with Crippen LogP contribution in [0.1, 0.15) is 31.2 Å². The molecule has 0 saturated heterocycles. The van der Waals surface area contributed by atoms with E-state index in [1.165, 1.54) is 19.3 Å². The van der Waals surface area contributed by atoms with Gasteiger partial charge in [-0.25, -0.2) is 0 Å². The molecule has 18 heavy (non-hydrogen) atoms. The molecule has 1 heterocycles. The summed E-state index contributed by atoms with van der Waals surface area (Å²) in [4.78, 5) is 4.34. The highest BCUT2D eigenvalue weighted by molar-refractivity contribution is 5.79. The minimum Gasteiger partial charge on any atom is -0.385 e. The molecule has 92 valence electrons. The Labute approximate surface area is 107 Å². The highest BCUT2D eigenvalue weighted by Crippen LogP contribution is 2.55. The maximum Gasteiger partial charge on any atom is 0.0927 e. The van der Waals surface area contributed by atoms with Crippen molar-refractivity contribution in [2.24, 2.45) is 11.8 Å². The van der Waals surface area contributed by atoms with Crippen molar-refractivity contribution in [3.63, 3.8) is 0 Å². The predicted octanol–water partition coefficient (Wildman–Crippen LogP) is 3.24. The third-order valence-electron chi connectivity index (χ3n) is 4.92. The van der Waals surface area contributed by atoms with Crippen molar-refractivity contribution >= 4 is 10.9 Å². The zero-order chi connectivity index (χ0) is 12.2. The molecule has 1 aromatic carbocycles. The SMILES string of the molecule is OC1(c2ccc3ncccc3c2)CC2CCC1C2. The second kappa shape index (κ2) is 3.55. The van der Waals surface area contributed by atoms with Crippen LogP contribution in [0.2, 0.25) is 0 Å². The normalized spacial score (nSPS) is 34.3. The van der Waals surface area contributed by atoms with E-state index in [1.54, 1.807) is 0 Å². The van der Waals surface area contributed by atoms with Crippen LogP contribution in [0.3, 0.4) is 0 Å². The van der Waals surface area contributed by atoms with Crippen LogP contribution >= 0.6 is 0 Å². The molecular weight excluding hydrogens is 222 g/mol. The van der Waals surface area contributed by atoms with Gasteiger partial charge in [0.15, 0.2) is 0 Å². The van der Waals surface area contributed by atoms with E-state index in [0.717, 1.165) is 28.8 Å². The van der Waals surface area contributed by atoms with Gasteiger partial charge in [-0.2, -0.15) is 0 Å². The van der Waals surface area contributed by atoms with Gasteiger partial charge in [0, 0.05) is 11.6 Å². The molecule has 2 nitrogen and oxygen atoms in total. The largest absolute Gasteiger partial charge is 0.385 e. The minimum absolute atomic E-state index is 0.469. The van der Waals surface area contributed by atoms with Gasteiger partial charge in [0.25, 0.3) is 0 Å². The van der Waals surface area contributed by atoms with Crippen LogP contribution in [0.5, 0.6) is 0 Å². The summed E-state index contributed by atoms with van der Waals surface area (Å²) >= 11 is 0. The lowest BCUT2D eigenvalue weighted by Gasteiger charge is -2.33. The summed E-state index contributed by atoms with van der Waals surface area (Å²) < 4.78 is 0. The van der Waals surface area contributed by atoms with Crippen LogP contribution in [0.4, 0.5) is 0 Å². The second-order valence-electron chi connectivity index (χ2n) is 5.92. The first-order valence-corrected chi connectivity index (χ1v) is 6.83. The van der Waals surface area contributed by atoms with E-state index in [9.17, 15) is 5.11 Å². The average molecular weight is 239 g/mol. The molecule has 0 spiro atoms. The van der Waals surface area contributed by atoms with E-state index in [4.69, 9.17) is 0 Å². The smallest absolute Gasteiger partial charge is 0.0927 e. The summed E-state index contributed by atoms with van der Waals surface area (Å²) in [5, 5.41) is 12.1. The Balaban J connectivity index is 1.83. The number of pyridine rings is 1. The summed E-state index contributed by atoms with van der Waals surface area (Å²) in [5.41, 5.74) is 1.52. The van der Waals surface area contributed by atoms with Crippen molar-refractivity contribution in [1.29, 1.82) is 0 Å². The summed E-state index contributed by atoms with van der Waals surface area (Å²) in [6.45, 7) is 0. The maximum absolute atomic E-state index is 11.0. The fraction of sp³-hybridized carbons (Fsp3) is 0.438. The summed E-state index contributed by atoms with van der Waals surface area (Å²) in [7, 11) is 0. The van der Waals surface area contributed by atoms with Crippen molar-refractivity contribution in [3.8, 4) is 0 Å². The first-order valence-electron chi connectivity index (χ1n) is 6.83. The second-order valence-corrected chi connectivity index (χ2v) is 5.92. The van der Waals surface area contributed by atoms with Gasteiger partial charge in [0.2, 0.25) is 0 Å². The quantitative estimate of drug-likeness (QED) is 0.828. The number of nitrogens with zero attached hydrogens (tertiary/aromatic N) is 1. The van der Waals surface area contributed by atoms with Gasteiger partial charge >= 0.3 is 0 Å². The monoisotopic (exact) mass is 239 g/mol. The van der Waals surface area contributed by atoms with Crippen LogP contribution in [-0.2, 0) is 5.60 Å². The van der Waals surface area contributed by atoms with E-state index in [-0.39, 0.29) is 0 Å². The highest BCUT2D eigenvalue weighted by atomic mass is 16.3. The van der Waals surface area contributed by atoms with Gasteiger partial charge < -0.3 is 5.11 Å². The average Bonchev–Trinajstić information content (AvgIpc) is 2.99. The molecule has 2 aliphatic rings. The van der Waals surface area contributed by atoms with Crippen molar-refractivity contribution in [3.05, 3.63) is 42.1 Å². The number of hydrogen-bond acceptors (Lipinski definition) is 2. The van der Waals surface area contributed by atoms with Crippen molar-refractivity contribution in [2.45, 2.75) is 31.3 Å². The van der Waals surface area contributed by atoms with Crippen molar-refractivity contribution in [2.75, 3.05) is 0 Å². The minimum atomic E-state index is -0.576. The molecule has 2 bridgehead atoms. The molecular formula is C16H17NO. The third-order valence-corrected chi connectivity index (χ3v) is 4.92. The highest BCUT2D eigenvalue weighted by Gasteiger charge is 2.50. The van der Waals surface area contributed by atoms with Gasteiger partial charge in [0.05, 0.1) is 11.1 Å². The van der Waals surface area contributed by atoms with E-state index < -0.39 is 5.60 Å². The maximum atomic E-state index is 11.0. The Bertz CT molecular complexity index is 609. The molecule has 2 heteroatoms. The first-order chi connectivity index (χ1) is 8.75. The van der Waals surface area contributed by atoms with E-state index in [0.29, 0.717) is 5.92 Å². The number of fused-ring (bicyclic) bond motifs is 3. The summed E-state index contributed by atoms with van der Waals surface area (Å²) in [6, 6.07) is 10.3. The molecule has 3 atom stereocenters. The molecule has 2 fully saturated rings. The zero-order valence-corrected chi connectivity index (χ0v) is 10.3. The van der Waals surface area contributed by atoms with Crippen LogP contribution in [0.25, 0.3) is 10.9 Å². The number of aromatic nitrogens is 1. The Hall–Kier alpha value is -1.41. The summed E-state index contributed by atoms with van der Waals surface area (Å²) in [5.74, 6) is 1.21. The predicted molar refractivity (Wildman–Crippen MR) is 71.1 cm³/mol. The zero-order valence-electron chi connectivity index (χ0n) is 10.3. The molecule has 4 rings (SSSR count). The lowest BCUT2D eigenvalue weighted by molar-refractivity contribution is -0.0181. The Morgan fingerprint density at radius 1 is 1.22 bits per heavy atom. The van der Waals surface area contributed by atoms with Crippen LogP contribution in [-0.4, -0.2) is 10.1 Å². The van der Waals surface area contributed by atoms with E-state index >= 15 is 0 Å². The number of rotatable bonds is 1. The van der Waals surface area contributed by atoms with Gasteiger partial charge in [-0.15, -0.1) is 0 Å². The van der Waals surface area contributed by atoms with Crippen LogP contribution < -0.4 is 0 Å². The van der Waals surface area contributed by atoms with Gasteiger partial charge in [-0.3, -0.25) is 4.98 Å². The molecule has 0 aliphatic heterocycles. The van der Waals surface area contributed by atoms with Gasteiger partial charge in [-0.1, -0.05) is 12.1 Å². The molecule has 0 amide bonds. The molecule has 2 saturated carbocycles. The Morgan fingerprint density at radius 3 is 2.94 bits per heavy atom. The fourth-order valence-electron chi connectivity index (χ4n) is 4.00. The molecule has 2 aliphatic carbocycles. The lowest BCUT2D eigenvalue weighted by atomic mass is 9.78. The Morgan fingerprint density at radius 2 is 2.17 bits per heavy atom. The van der Waals surface area contributed by atoms with Crippen LogP contribution in [0.15, 0.2) is 36.5 Å². The van der Waals surface area contributed by atoms with Crippen molar-refractivity contribution < 1.29 is 5.11 Å². The summed E-state index contributed by atoms with van der Waals surface area (Å²) in [6.07, 6.45) is 6.47. The standard InChI is InChI=1S/C16H17NO/c18-16(10-11-3-4-13(16)8-11)14-5-6-15-12(9-14)2-1-7-17-15/h1-2,5-7,9,11,13,18H,3-4,8,10H2.